The van der Waals surface area contributed by atoms with Crippen LogP contribution in [-0.4, -0.2) is 43.4 Å². The molecular weight excluding hydrogens is 190 g/mol. The van der Waals surface area contributed by atoms with Crippen LogP contribution in [-0.2, 0) is 0 Å². The molecule has 2 unspecified atom stereocenters. The van der Waals surface area contributed by atoms with Gasteiger partial charge in [0, 0.05) is 31.8 Å². The van der Waals surface area contributed by atoms with E-state index in [4.69, 9.17) is 5.73 Å². The summed E-state index contributed by atoms with van der Waals surface area (Å²) in [6, 6.07) is 0. The molecule has 0 heterocycles. The van der Waals surface area contributed by atoms with Crippen molar-refractivity contribution in [2.75, 3.05) is 27.2 Å². The topological polar surface area (TPSA) is 61.5 Å². The lowest BCUT2D eigenvalue weighted by Gasteiger charge is -2.29. The molecule has 0 saturated carbocycles. The molecule has 0 bridgehead atoms. The molecule has 4 N–H and O–H groups in total. The van der Waals surface area contributed by atoms with Crippen molar-refractivity contribution in [2.24, 2.45) is 11.7 Å². The van der Waals surface area contributed by atoms with Crippen LogP contribution < -0.4 is 11.1 Å². The average molecular weight is 213 g/mol. The Labute approximate surface area is 92.5 Å². The third kappa shape index (κ3) is 4.97. The highest BCUT2D eigenvalue weighted by atomic mass is 16.3. The average Bonchev–Trinajstić information content (AvgIpc) is 2.21. The highest BCUT2D eigenvalue weighted by molar-refractivity contribution is 5.03. The summed E-state index contributed by atoms with van der Waals surface area (Å²) in [5.74, 6) is -0.149. The lowest BCUT2D eigenvalue weighted by atomic mass is 9.99. The van der Waals surface area contributed by atoms with E-state index in [2.05, 4.69) is 18.5 Å². The van der Waals surface area contributed by atoms with Crippen LogP contribution in [0.2, 0.25) is 0 Å². The fraction of sp³-hybridized carbons (Fsp3) is 0.636. The smallest absolute Gasteiger partial charge is 0.111 e. The third-order valence-corrected chi connectivity index (χ3v) is 2.45. The van der Waals surface area contributed by atoms with Gasteiger partial charge in [0.1, 0.15) is 6.23 Å². The zero-order chi connectivity index (χ0) is 11.8. The van der Waals surface area contributed by atoms with Gasteiger partial charge >= 0.3 is 0 Å². The van der Waals surface area contributed by atoms with Gasteiger partial charge in [0.05, 0.1) is 0 Å². The van der Waals surface area contributed by atoms with Gasteiger partial charge in [-0.25, -0.2) is 0 Å². The zero-order valence-corrected chi connectivity index (χ0v) is 9.74. The number of hydrogen-bond donors (Lipinski definition) is 3. The first-order valence-electron chi connectivity index (χ1n) is 5.13. The maximum atomic E-state index is 9.41. The molecule has 0 saturated heterocycles. The Kier molecular flexibility index (Phi) is 7.03. The molecule has 0 amide bonds. The van der Waals surface area contributed by atoms with E-state index in [0.717, 1.165) is 18.8 Å². The standard InChI is InChI=1S/C11H23N3O/c1-5-6-10(11(12)15)9(2)14(4)8-7-13-3/h5,10-11,13,15H,1-2,6-8,12H2,3-4H3. The van der Waals surface area contributed by atoms with E-state index in [-0.39, 0.29) is 5.92 Å². The molecule has 0 aliphatic carbocycles. The summed E-state index contributed by atoms with van der Waals surface area (Å²) in [7, 11) is 3.84. The molecular formula is C11H23N3O. The zero-order valence-electron chi connectivity index (χ0n) is 9.74. The highest BCUT2D eigenvalue weighted by Gasteiger charge is 2.19. The Bertz CT molecular complexity index is 204. The lowest BCUT2D eigenvalue weighted by molar-refractivity contribution is 0.117. The predicted octanol–water partition coefficient (Wildman–Crippen LogP) is 0.121. The first-order chi connectivity index (χ1) is 7.04. The van der Waals surface area contributed by atoms with Gasteiger partial charge in [-0.05, 0) is 13.5 Å². The number of nitrogens with one attached hydrogen (secondary N) is 1. The molecule has 0 aromatic heterocycles. The van der Waals surface area contributed by atoms with Crippen LogP contribution >= 0.6 is 0 Å². The molecule has 2 atom stereocenters. The lowest BCUT2D eigenvalue weighted by Crippen LogP contribution is -2.37. The van der Waals surface area contributed by atoms with Crippen molar-refractivity contribution in [1.82, 2.24) is 10.2 Å². The van der Waals surface area contributed by atoms with Crippen LogP contribution in [0, 0.1) is 5.92 Å². The van der Waals surface area contributed by atoms with Crippen molar-refractivity contribution >= 4 is 0 Å². The van der Waals surface area contributed by atoms with Gasteiger partial charge in [0.15, 0.2) is 0 Å². The van der Waals surface area contributed by atoms with Crippen LogP contribution in [0.25, 0.3) is 0 Å². The summed E-state index contributed by atoms with van der Waals surface area (Å²) < 4.78 is 0. The summed E-state index contributed by atoms with van der Waals surface area (Å²) in [6.07, 6.45) is 1.51. The fourth-order valence-corrected chi connectivity index (χ4v) is 1.36. The van der Waals surface area contributed by atoms with Crippen LogP contribution in [0.3, 0.4) is 0 Å². The van der Waals surface area contributed by atoms with Gasteiger partial charge in [-0.3, -0.25) is 0 Å². The van der Waals surface area contributed by atoms with Gasteiger partial charge in [-0.1, -0.05) is 12.7 Å². The van der Waals surface area contributed by atoms with E-state index in [1.165, 1.54) is 0 Å². The minimum absolute atomic E-state index is 0.149. The molecule has 0 rings (SSSR count). The Morgan fingerprint density at radius 2 is 2.27 bits per heavy atom. The molecule has 0 aromatic carbocycles. The van der Waals surface area contributed by atoms with E-state index < -0.39 is 6.23 Å². The van der Waals surface area contributed by atoms with Crippen molar-refractivity contribution in [3.8, 4) is 0 Å². The van der Waals surface area contributed by atoms with Crippen molar-refractivity contribution in [3.05, 3.63) is 24.9 Å². The first-order valence-corrected chi connectivity index (χ1v) is 5.13. The second-order valence-electron chi connectivity index (χ2n) is 3.64. The summed E-state index contributed by atoms with van der Waals surface area (Å²) in [4.78, 5) is 2.00. The van der Waals surface area contributed by atoms with Crippen LogP contribution in [0.1, 0.15) is 6.42 Å². The number of likely N-dealkylation sites (N-methyl/N-ethyl adjacent to an activating group) is 2. The molecule has 0 aliphatic heterocycles. The van der Waals surface area contributed by atoms with Gasteiger partial charge < -0.3 is 21.1 Å². The van der Waals surface area contributed by atoms with E-state index in [9.17, 15) is 5.11 Å². The molecule has 0 fully saturated rings. The molecule has 4 nitrogen and oxygen atoms in total. The molecule has 0 radical (unpaired) electrons. The van der Waals surface area contributed by atoms with Gasteiger partial charge in [-0.15, -0.1) is 6.58 Å². The van der Waals surface area contributed by atoms with E-state index in [1.54, 1.807) is 6.08 Å². The van der Waals surface area contributed by atoms with E-state index in [1.807, 2.05) is 19.0 Å². The number of aliphatic hydroxyl groups excluding tert-OH is 1. The molecule has 15 heavy (non-hydrogen) atoms. The second kappa shape index (κ2) is 7.45. The molecule has 88 valence electrons. The van der Waals surface area contributed by atoms with Gasteiger partial charge in [-0.2, -0.15) is 0 Å². The normalized spacial score (nSPS) is 14.4. The Hall–Kier alpha value is -0.840. The maximum absolute atomic E-state index is 9.41. The number of hydrogen-bond acceptors (Lipinski definition) is 4. The number of allylic oxidation sites excluding steroid dienone is 1. The third-order valence-electron chi connectivity index (χ3n) is 2.45. The quantitative estimate of drug-likeness (QED) is 0.396. The summed E-state index contributed by atoms with van der Waals surface area (Å²) in [5, 5.41) is 12.5. The Balaban J connectivity index is 4.28. The maximum Gasteiger partial charge on any atom is 0.111 e. The largest absolute Gasteiger partial charge is 0.378 e. The highest BCUT2D eigenvalue weighted by Crippen LogP contribution is 2.18. The summed E-state index contributed by atoms with van der Waals surface area (Å²) >= 11 is 0. The number of rotatable bonds is 8. The monoisotopic (exact) mass is 213 g/mol. The Morgan fingerprint density at radius 3 is 2.67 bits per heavy atom. The minimum atomic E-state index is -0.882. The number of nitrogens with zero attached hydrogens (tertiary/aromatic N) is 1. The SMILES string of the molecule is C=CCC(C(=C)N(C)CCNC)C(N)O. The summed E-state index contributed by atoms with van der Waals surface area (Å²) in [5.41, 5.74) is 6.34. The first kappa shape index (κ1) is 14.2. The molecule has 0 aliphatic rings. The van der Waals surface area contributed by atoms with E-state index >= 15 is 0 Å². The van der Waals surface area contributed by atoms with Crippen LogP contribution in [0.5, 0.6) is 0 Å². The minimum Gasteiger partial charge on any atom is -0.378 e. The van der Waals surface area contributed by atoms with E-state index in [0.29, 0.717) is 6.42 Å². The molecule has 0 spiro atoms. The van der Waals surface area contributed by atoms with Gasteiger partial charge in [0.2, 0.25) is 0 Å². The van der Waals surface area contributed by atoms with Crippen LogP contribution in [0.4, 0.5) is 0 Å². The van der Waals surface area contributed by atoms with Gasteiger partial charge in [0.25, 0.3) is 0 Å². The van der Waals surface area contributed by atoms with Crippen molar-refractivity contribution in [3.63, 3.8) is 0 Å². The second-order valence-corrected chi connectivity index (χ2v) is 3.64. The molecule has 0 aromatic rings. The van der Waals surface area contributed by atoms with Crippen molar-refractivity contribution < 1.29 is 5.11 Å². The van der Waals surface area contributed by atoms with Crippen molar-refractivity contribution in [2.45, 2.75) is 12.6 Å². The Morgan fingerprint density at radius 1 is 1.67 bits per heavy atom. The fourth-order valence-electron chi connectivity index (χ4n) is 1.36. The van der Waals surface area contributed by atoms with Crippen LogP contribution in [0.15, 0.2) is 24.9 Å². The molecule has 4 heteroatoms. The number of nitrogens with two attached hydrogens (primary N) is 1. The van der Waals surface area contributed by atoms with Crippen molar-refractivity contribution in [1.29, 1.82) is 0 Å². The summed E-state index contributed by atoms with van der Waals surface area (Å²) in [6.45, 7) is 9.32. The predicted molar refractivity (Wildman–Crippen MR) is 64.2 cm³/mol. The number of aliphatic hydroxyl groups is 1.